The van der Waals surface area contributed by atoms with Gasteiger partial charge in [-0.25, -0.2) is 0 Å². The lowest BCUT2D eigenvalue weighted by molar-refractivity contribution is 0.323. The van der Waals surface area contributed by atoms with Crippen molar-refractivity contribution < 1.29 is 5.21 Å². The van der Waals surface area contributed by atoms with Crippen LogP contribution in [0.3, 0.4) is 0 Å². The van der Waals surface area contributed by atoms with Gasteiger partial charge in [0, 0.05) is 13.8 Å². The molecule has 0 spiro atoms. The molecule has 4 aliphatic rings. The van der Waals surface area contributed by atoms with Crippen molar-refractivity contribution in [2.75, 3.05) is 65.2 Å². The van der Waals surface area contributed by atoms with Crippen LogP contribution >= 0.6 is 58.8 Å². The lowest BCUT2D eigenvalue weighted by Gasteiger charge is -2.05. The van der Waals surface area contributed by atoms with Crippen LogP contribution in [-0.2, 0) is 0 Å². The summed E-state index contributed by atoms with van der Waals surface area (Å²) in [5.74, 6) is 12.2. The average Bonchev–Trinajstić information content (AvgIpc) is 2.33. The van der Waals surface area contributed by atoms with E-state index in [0.717, 1.165) is 5.88 Å². The highest BCUT2D eigenvalue weighted by Crippen LogP contribution is 2.15. The van der Waals surface area contributed by atoms with Gasteiger partial charge in [0.15, 0.2) is 0 Å². The van der Waals surface area contributed by atoms with E-state index in [4.69, 9.17) is 5.21 Å². The number of hydrogen-bond acceptors (Lipinski definition) is 9. The minimum absolute atomic E-state index is 0.819. The number of rotatable bonds is 2. The Morgan fingerprint density at radius 3 is 0.889 bits per heavy atom. The third kappa shape index (κ3) is 46.5. The summed E-state index contributed by atoms with van der Waals surface area (Å²) in [6.45, 7) is 9.06. The molecule has 0 saturated carbocycles. The van der Waals surface area contributed by atoms with E-state index >= 15 is 0 Å². The van der Waals surface area contributed by atoms with Gasteiger partial charge in [0.1, 0.15) is 0 Å². The maximum absolute atomic E-state index is 7.08. The Labute approximate surface area is 189 Å². The molecule has 0 bridgehead atoms. The molecule has 0 aromatic heterocycles. The van der Waals surface area contributed by atoms with Crippen LogP contribution in [0.2, 0.25) is 0 Å². The van der Waals surface area contributed by atoms with E-state index in [2.05, 4.69) is 35.3 Å². The van der Waals surface area contributed by atoms with E-state index in [1.807, 2.05) is 53.3 Å². The zero-order valence-corrected chi connectivity index (χ0v) is 21.2. The van der Waals surface area contributed by atoms with Gasteiger partial charge < -0.3 is 10.2 Å². The van der Waals surface area contributed by atoms with Crippen LogP contribution in [0.25, 0.3) is 0 Å². The Morgan fingerprint density at radius 2 is 0.889 bits per heavy atom. The Balaban J connectivity index is -0.000000251. The molecule has 0 atom stereocenters. The van der Waals surface area contributed by atoms with Gasteiger partial charge in [-0.1, -0.05) is 0 Å². The number of nitrogens with zero attached hydrogens (tertiary/aromatic N) is 3. The zero-order chi connectivity index (χ0) is 20.8. The first-order valence-electron chi connectivity index (χ1n) is 8.92. The van der Waals surface area contributed by atoms with Gasteiger partial charge in [0.2, 0.25) is 0 Å². The van der Waals surface area contributed by atoms with Crippen molar-refractivity contribution in [1.82, 2.24) is 0 Å². The molecule has 162 valence electrons. The van der Waals surface area contributed by atoms with Gasteiger partial charge in [-0.05, 0) is 91.4 Å². The fourth-order valence-electron chi connectivity index (χ4n) is 0.669. The molecule has 4 rings (SSSR count). The zero-order valence-electron chi connectivity index (χ0n) is 17.1. The molecule has 4 heterocycles. The summed E-state index contributed by atoms with van der Waals surface area (Å²) < 4.78 is 0. The van der Waals surface area contributed by atoms with Crippen LogP contribution in [0, 0.1) is 0 Å². The number of thioether (sulfide) groups is 5. The topological polar surface area (TPSA) is 57.3 Å². The molecule has 27 heavy (non-hydrogen) atoms. The van der Waals surface area contributed by atoms with Gasteiger partial charge in [-0.15, -0.1) is 16.9 Å². The number of hydrogen-bond donors (Lipinski definition) is 1. The fraction of sp³-hybridized carbons (Fsp3) is 0.833. The summed E-state index contributed by atoms with van der Waals surface area (Å²) in [5.41, 5.74) is 0. The monoisotopic (exact) mass is 473 g/mol. The summed E-state index contributed by atoms with van der Waals surface area (Å²) in [7, 11) is 1.64. The smallest absolute Gasteiger partial charge is 0.0833 e. The van der Waals surface area contributed by atoms with Gasteiger partial charge in [-0.2, -0.15) is 47.0 Å². The SMILES string of the molecule is C1CSC1.C1CSC1.C1CSC1.C1CSC1.C=NC.C=NCSC.C=NO. The van der Waals surface area contributed by atoms with Crippen LogP contribution < -0.4 is 0 Å². The molecule has 1 N–H and O–H groups in total. The molecule has 0 aliphatic carbocycles. The molecule has 0 radical (unpaired) electrons. The molecular weight excluding hydrogens is 435 g/mol. The van der Waals surface area contributed by atoms with Crippen molar-refractivity contribution in [3.8, 4) is 0 Å². The van der Waals surface area contributed by atoms with E-state index in [0.29, 0.717) is 0 Å². The van der Waals surface area contributed by atoms with Crippen molar-refractivity contribution in [3.63, 3.8) is 0 Å². The molecule has 0 amide bonds. The van der Waals surface area contributed by atoms with E-state index < -0.39 is 0 Å². The van der Waals surface area contributed by atoms with Crippen molar-refractivity contribution in [3.05, 3.63) is 0 Å². The molecule has 4 aliphatic heterocycles. The minimum atomic E-state index is 0.819. The normalized spacial score (nSPS) is 16.5. The van der Waals surface area contributed by atoms with Crippen LogP contribution in [0.5, 0.6) is 0 Å². The number of oxime groups is 1. The van der Waals surface area contributed by atoms with E-state index in [-0.39, 0.29) is 0 Å². The summed E-state index contributed by atoms with van der Waals surface area (Å²) in [5, 5.41) is 9.33. The van der Waals surface area contributed by atoms with Crippen molar-refractivity contribution >= 4 is 79.0 Å². The molecule has 4 fully saturated rings. The Kier molecular flexibility index (Phi) is 44.6. The molecule has 0 aromatic carbocycles. The molecule has 4 nitrogen and oxygen atoms in total. The maximum atomic E-state index is 7.08. The highest BCUT2D eigenvalue weighted by Gasteiger charge is 1.96. The lowest BCUT2D eigenvalue weighted by Crippen LogP contribution is -1.94. The highest BCUT2D eigenvalue weighted by molar-refractivity contribution is 8.01. The first kappa shape index (κ1) is 32.2. The van der Waals surface area contributed by atoms with E-state index in [1.54, 1.807) is 18.8 Å². The van der Waals surface area contributed by atoms with Gasteiger partial charge in [-0.3, -0.25) is 4.99 Å². The second-order valence-corrected chi connectivity index (χ2v) is 10.7. The van der Waals surface area contributed by atoms with Crippen molar-refractivity contribution in [2.24, 2.45) is 15.1 Å². The Bertz CT molecular complexity index is 218. The molecule has 0 unspecified atom stereocenters. The van der Waals surface area contributed by atoms with E-state index in [9.17, 15) is 0 Å². The van der Waals surface area contributed by atoms with Gasteiger partial charge in [0.25, 0.3) is 0 Å². The van der Waals surface area contributed by atoms with Crippen LogP contribution in [-0.4, -0.2) is 90.6 Å². The summed E-state index contributed by atoms with van der Waals surface area (Å²) >= 11 is 9.82. The maximum Gasteiger partial charge on any atom is 0.0833 e. The minimum Gasteiger partial charge on any atom is -0.411 e. The van der Waals surface area contributed by atoms with Gasteiger partial charge in [0.05, 0.1) is 5.88 Å². The predicted octanol–water partition coefficient (Wildman–Crippen LogP) is 5.89. The largest absolute Gasteiger partial charge is 0.411 e. The lowest BCUT2D eigenvalue weighted by atomic mass is 10.6. The second-order valence-electron chi connectivity index (χ2n) is 4.96. The summed E-state index contributed by atoms with van der Waals surface area (Å²) in [6, 6.07) is 0. The first-order valence-corrected chi connectivity index (χ1v) is 14.9. The Hall–Kier alpha value is 0.560. The van der Waals surface area contributed by atoms with E-state index in [1.165, 1.54) is 71.7 Å². The summed E-state index contributed by atoms with van der Waals surface area (Å²) in [4.78, 5) is 6.82. The van der Waals surface area contributed by atoms with Crippen LogP contribution in [0.4, 0.5) is 0 Å². The van der Waals surface area contributed by atoms with Crippen LogP contribution in [0.15, 0.2) is 15.1 Å². The van der Waals surface area contributed by atoms with Crippen LogP contribution in [0.1, 0.15) is 25.7 Å². The number of aliphatic imine (C=N–C) groups is 2. The molecular formula is C18H39N3OS5. The van der Waals surface area contributed by atoms with Gasteiger partial charge >= 0.3 is 0 Å². The Morgan fingerprint density at radius 1 is 0.741 bits per heavy atom. The predicted molar refractivity (Wildman–Crippen MR) is 143 cm³/mol. The summed E-state index contributed by atoms with van der Waals surface area (Å²) in [6.07, 6.45) is 7.85. The standard InChI is InChI=1S/C3H7NS.4C3H6S.C2H5N.CH3NO/c1-4-3-5-2;4*1-2-4-3-1;1-3-2;1-2-3/h1,3H2,2H3;4*1-3H2;1H2,2H3;3H,1H2. The molecule has 0 aromatic rings. The highest BCUT2D eigenvalue weighted by atomic mass is 32.2. The molecule has 9 heteroatoms. The second kappa shape index (κ2) is 37.3. The third-order valence-electron chi connectivity index (χ3n) is 2.53. The average molecular weight is 474 g/mol. The third-order valence-corrected chi connectivity index (χ3v) is 7.59. The van der Waals surface area contributed by atoms with Crippen molar-refractivity contribution in [2.45, 2.75) is 25.7 Å². The molecule has 4 saturated heterocycles. The van der Waals surface area contributed by atoms with Crippen molar-refractivity contribution in [1.29, 1.82) is 0 Å². The quantitative estimate of drug-likeness (QED) is 0.306. The fourth-order valence-corrected chi connectivity index (χ4v) is 2.01. The first-order chi connectivity index (χ1) is 13.2.